The largest absolute Gasteiger partial charge is 0.444 e. The number of amides is 1. The molecule has 0 saturated carbocycles. The Bertz CT molecular complexity index is 997. The first-order chi connectivity index (χ1) is 13.2. The molecule has 1 aromatic heterocycles. The summed E-state index contributed by atoms with van der Waals surface area (Å²) in [6, 6.07) is 4.60. The Labute approximate surface area is 162 Å². The zero-order valence-electron chi connectivity index (χ0n) is 16.1. The lowest BCUT2D eigenvalue weighted by molar-refractivity contribution is 0.0232. The van der Waals surface area contributed by atoms with Crippen molar-refractivity contribution in [2.45, 2.75) is 38.8 Å². The Hall–Kier alpha value is -3.32. The van der Waals surface area contributed by atoms with E-state index in [2.05, 4.69) is 26.6 Å². The van der Waals surface area contributed by atoms with Crippen LogP contribution in [0.25, 0.3) is 21.5 Å². The van der Waals surface area contributed by atoms with Gasteiger partial charge in [-0.2, -0.15) is 0 Å². The number of benzene rings is 1. The molecule has 1 saturated heterocycles. The summed E-state index contributed by atoms with van der Waals surface area (Å²) >= 11 is 0. The second-order valence-corrected chi connectivity index (χ2v) is 7.65. The van der Waals surface area contributed by atoms with Gasteiger partial charge in [0.1, 0.15) is 17.5 Å². The molecule has 0 bridgehead atoms. The van der Waals surface area contributed by atoms with E-state index in [9.17, 15) is 9.59 Å². The standard InChI is InChI=1S/C19H22N6O3/c1-11-7-8-25(18(27)28-19(2,3)4)16(11)17-22-13-6-5-12(9-14(13)23-17)15(26)10-21-24-20/h5-6,9,16H,1,7-8,10H2,2-4H3,(H,22,23)/t16-/m0/s1. The predicted octanol–water partition coefficient (Wildman–Crippen LogP) is 4.29. The number of H-pyrrole nitrogens is 1. The lowest BCUT2D eigenvalue weighted by Crippen LogP contribution is -2.36. The number of Topliss-reactive ketones (excluding diaryl/α,β-unsaturated/α-hetero) is 1. The van der Waals surface area contributed by atoms with Crippen LogP contribution in [0.2, 0.25) is 0 Å². The van der Waals surface area contributed by atoms with Crippen LogP contribution in [-0.4, -0.2) is 45.4 Å². The van der Waals surface area contributed by atoms with E-state index >= 15 is 0 Å². The number of ketones is 1. The first-order valence-corrected chi connectivity index (χ1v) is 8.90. The van der Waals surface area contributed by atoms with Crippen molar-refractivity contribution in [2.24, 2.45) is 5.11 Å². The Balaban J connectivity index is 1.91. The minimum Gasteiger partial charge on any atom is -0.444 e. The molecule has 1 aliphatic heterocycles. The third-order valence-electron chi connectivity index (χ3n) is 4.36. The lowest BCUT2D eigenvalue weighted by atomic mass is 10.1. The van der Waals surface area contributed by atoms with Gasteiger partial charge in [0.15, 0.2) is 5.78 Å². The number of nitrogens with one attached hydrogen (secondary N) is 1. The van der Waals surface area contributed by atoms with Gasteiger partial charge >= 0.3 is 6.09 Å². The van der Waals surface area contributed by atoms with E-state index in [0.717, 1.165) is 5.57 Å². The van der Waals surface area contributed by atoms with Gasteiger partial charge in [-0.25, -0.2) is 9.78 Å². The number of hydrogen-bond acceptors (Lipinski definition) is 5. The molecule has 3 rings (SSSR count). The lowest BCUT2D eigenvalue weighted by Gasteiger charge is -2.27. The maximum absolute atomic E-state index is 12.6. The number of carbonyl (C=O) groups excluding carboxylic acids is 2. The summed E-state index contributed by atoms with van der Waals surface area (Å²) in [6.45, 7) is 9.81. The van der Waals surface area contributed by atoms with E-state index < -0.39 is 17.7 Å². The van der Waals surface area contributed by atoms with E-state index in [-0.39, 0.29) is 12.3 Å². The second kappa shape index (κ2) is 7.36. The van der Waals surface area contributed by atoms with Gasteiger partial charge in [0.05, 0.1) is 17.6 Å². The molecule has 1 aromatic carbocycles. The maximum atomic E-state index is 12.6. The highest BCUT2D eigenvalue weighted by molar-refractivity contribution is 6.00. The van der Waals surface area contributed by atoms with Crippen molar-refractivity contribution in [3.05, 3.63) is 52.2 Å². The molecule has 1 amide bonds. The molecule has 1 N–H and O–H groups in total. The van der Waals surface area contributed by atoms with Gasteiger partial charge in [-0.15, -0.1) is 0 Å². The molecular formula is C19H22N6O3. The molecule has 0 unspecified atom stereocenters. The minimum absolute atomic E-state index is 0.241. The van der Waals surface area contributed by atoms with Crippen LogP contribution in [-0.2, 0) is 4.74 Å². The van der Waals surface area contributed by atoms with E-state index in [1.165, 1.54) is 0 Å². The highest BCUT2D eigenvalue weighted by atomic mass is 16.6. The molecule has 9 heteroatoms. The SMILES string of the molecule is C=C1CCN(C(=O)OC(C)(C)C)[C@@H]1c1nc2ccc(C(=O)CN=[N+]=[N-])cc2[nH]1. The van der Waals surface area contributed by atoms with Gasteiger partial charge in [0.25, 0.3) is 0 Å². The Morgan fingerprint density at radius 3 is 2.89 bits per heavy atom. The van der Waals surface area contributed by atoms with Gasteiger partial charge in [-0.3, -0.25) is 9.69 Å². The number of rotatable bonds is 4. The van der Waals surface area contributed by atoms with E-state index in [1.807, 2.05) is 20.8 Å². The summed E-state index contributed by atoms with van der Waals surface area (Å²) in [7, 11) is 0. The average molecular weight is 382 g/mol. The van der Waals surface area contributed by atoms with Gasteiger partial charge in [-0.05, 0) is 56.5 Å². The normalized spacial score (nSPS) is 16.9. The summed E-state index contributed by atoms with van der Waals surface area (Å²) in [4.78, 5) is 36.6. The van der Waals surface area contributed by atoms with Crippen LogP contribution in [0.1, 0.15) is 49.4 Å². The molecule has 2 aromatic rings. The zero-order chi connectivity index (χ0) is 20.5. The molecule has 0 radical (unpaired) electrons. The molecule has 0 aliphatic carbocycles. The zero-order valence-corrected chi connectivity index (χ0v) is 16.1. The number of hydrogen-bond donors (Lipinski definition) is 1. The van der Waals surface area contributed by atoms with Gasteiger partial charge in [0.2, 0.25) is 0 Å². The molecule has 146 valence electrons. The topological polar surface area (TPSA) is 124 Å². The van der Waals surface area contributed by atoms with Crippen LogP contribution in [0.5, 0.6) is 0 Å². The smallest absolute Gasteiger partial charge is 0.411 e. The van der Waals surface area contributed by atoms with Gasteiger partial charge < -0.3 is 9.72 Å². The number of azide groups is 1. The molecule has 1 atom stereocenters. The highest BCUT2D eigenvalue weighted by Gasteiger charge is 2.37. The summed E-state index contributed by atoms with van der Waals surface area (Å²) < 4.78 is 5.50. The number of carbonyl (C=O) groups is 2. The van der Waals surface area contributed by atoms with Crippen molar-refractivity contribution in [1.82, 2.24) is 14.9 Å². The fourth-order valence-electron chi connectivity index (χ4n) is 3.13. The molecule has 2 heterocycles. The molecule has 1 fully saturated rings. The van der Waals surface area contributed by atoms with Crippen molar-refractivity contribution in [1.29, 1.82) is 0 Å². The first kappa shape index (κ1) is 19.4. The fourth-order valence-corrected chi connectivity index (χ4v) is 3.13. The molecule has 0 spiro atoms. The van der Waals surface area contributed by atoms with Crippen molar-refractivity contribution in [2.75, 3.05) is 13.1 Å². The van der Waals surface area contributed by atoms with E-state index in [1.54, 1.807) is 23.1 Å². The predicted molar refractivity (Wildman–Crippen MR) is 104 cm³/mol. The van der Waals surface area contributed by atoms with Gasteiger partial charge in [-0.1, -0.05) is 11.7 Å². The van der Waals surface area contributed by atoms with Crippen LogP contribution < -0.4 is 0 Å². The number of likely N-dealkylation sites (tertiary alicyclic amines) is 1. The third-order valence-corrected chi connectivity index (χ3v) is 4.36. The Kier molecular flexibility index (Phi) is 5.11. The van der Waals surface area contributed by atoms with Crippen LogP contribution in [0.15, 0.2) is 35.5 Å². The number of fused-ring (bicyclic) bond motifs is 1. The number of aromatic amines is 1. The molecule has 28 heavy (non-hydrogen) atoms. The summed E-state index contributed by atoms with van der Waals surface area (Å²) in [5.74, 6) is 0.291. The van der Waals surface area contributed by atoms with Crippen LogP contribution in [0.3, 0.4) is 0 Å². The van der Waals surface area contributed by atoms with Crippen molar-refractivity contribution in [3.8, 4) is 0 Å². The number of nitrogens with zero attached hydrogens (tertiary/aromatic N) is 5. The number of ether oxygens (including phenoxy) is 1. The number of aromatic nitrogens is 2. The van der Waals surface area contributed by atoms with Crippen molar-refractivity contribution in [3.63, 3.8) is 0 Å². The fraction of sp³-hybridized carbons (Fsp3) is 0.421. The summed E-state index contributed by atoms with van der Waals surface area (Å²) in [6.07, 6.45) is 0.249. The van der Waals surface area contributed by atoms with Crippen molar-refractivity contribution < 1.29 is 14.3 Å². The molecular weight excluding hydrogens is 360 g/mol. The second-order valence-electron chi connectivity index (χ2n) is 7.65. The van der Waals surface area contributed by atoms with Gasteiger partial charge in [0, 0.05) is 17.0 Å². The van der Waals surface area contributed by atoms with Crippen LogP contribution >= 0.6 is 0 Å². The van der Waals surface area contributed by atoms with Crippen molar-refractivity contribution >= 4 is 22.9 Å². The highest BCUT2D eigenvalue weighted by Crippen LogP contribution is 2.36. The first-order valence-electron chi connectivity index (χ1n) is 8.90. The molecule has 1 aliphatic rings. The third kappa shape index (κ3) is 3.99. The quantitative estimate of drug-likeness (QED) is 0.278. The average Bonchev–Trinajstić information content (AvgIpc) is 3.20. The Morgan fingerprint density at radius 1 is 1.46 bits per heavy atom. The molecule has 9 nitrogen and oxygen atoms in total. The van der Waals surface area contributed by atoms with E-state index in [4.69, 9.17) is 10.3 Å². The Morgan fingerprint density at radius 2 is 2.21 bits per heavy atom. The van der Waals surface area contributed by atoms with Crippen LogP contribution in [0, 0.1) is 0 Å². The monoisotopic (exact) mass is 382 g/mol. The van der Waals surface area contributed by atoms with E-state index in [0.29, 0.717) is 35.4 Å². The summed E-state index contributed by atoms with van der Waals surface area (Å²) in [5, 5.41) is 3.30. The number of imidazole rings is 1. The maximum Gasteiger partial charge on any atom is 0.411 e. The summed E-state index contributed by atoms with van der Waals surface area (Å²) in [5.41, 5.74) is 10.4. The minimum atomic E-state index is -0.597. The van der Waals surface area contributed by atoms with Crippen LogP contribution in [0.4, 0.5) is 4.79 Å².